The monoisotopic (exact) mass is 248 g/mol. The third-order valence-electron chi connectivity index (χ3n) is 3.94. The van der Waals surface area contributed by atoms with Gasteiger partial charge in [-0.2, -0.15) is 0 Å². The number of amidine groups is 1. The van der Waals surface area contributed by atoms with Crippen molar-refractivity contribution in [3.63, 3.8) is 0 Å². The first kappa shape index (κ1) is 13.1. The molecule has 0 aromatic rings. The maximum absolute atomic E-state index is 6.16. The minimum atomic E-state index is 0.517. The fourth-order valence-corrected chi connectivity index (χ4v) is 2.76. The molecule has 1 saturated heterocycles. The highest BCUT2D eigenvalue weighted by Crippen LogP contribution is 2.31. The van der Waals surface area contributed by atoms with E-state index in [-0.39, 0.29) is 0 Å². The smallest absolute Gasteiger partial charge is 0.133 e. The molecule has 0 amide bonds. The average molecular weight is 248 g/mol. The Morgan fingerprint density at radius 1 is 1.39 bits per heavy atom. The van der Waals surface area contributed by atoms with E-state index in [0.717, 1.165) is 50.6 Å². The van der Waals surface area contributed by atoms with Crippen LogP contribution in [0.1, 0.15) is 19.8 Å². The molecule has 2 aliphatic rings. The number of likely N-dealkylation sites (N-methyl/N-ethyl adjacent to an activating group) is 1. The number of nitrogens with two attached hydrogens (primary N) is 1. The lowest BCUT2D eigenvalue weighted by Gasteiger charge is -2.35. The summed E-state index contributed by atoms with van der Waals surface area (Å²) < 4.78 is 0. The van der Waals surface area contributed by atoms with E-state index < -0.39 is 0 Å². The summed E-state index contributed by atoms with van der Waals surface area (Å²) in [5.41, 5.74) is 8.43. The Morgan fingerprint density at radius 3 is 2.56 bits per heavy atom. The van der Waals surface area contributed by atoms with Crippen molar-refractivity contribution in [1.29, 1.82) is 0 Å². The summed E-state index contributed by atoms with van der Waals surface area (Å²) in [5, 5.41) is 0. The van der Waals surface area contributed by atoms with E-state index in [1.54, 1.807) is 6.20 Å². The lowest BCUT2D eigenvalue weighted by Crippen LogP contribution is -2.48. The topological polar surface area (TPSA) is 44.9 Å². The molecule has 2 rings (SSSR count). The van der Waals surface area contributed by atoms with Gasteiger partial charge in [0.2, 0.25) is 0 Å². The first-order valence-electron chi connectivity index (χ1n) is 6.74. The summed E-state index contributed by atoms with van der Waals surface area (Å²) in [7, 11) is 2.16. The van der Waals surface area contributed by atoms with Gasteiger partial charge in [-0.1, -0.05) is 13.5 Å². The van der Waals surface area contributed by atoms with Crippen LogP contribution < -0.4 is 5.73 Å². The van der Waals surface area contributed by atoms with Crippen molar-refractivity contribution < 1.29 is 0 Å². The molecule has 0 aromatic heterocycles. The van der Waals surface area contributed by atoms with E-state index in [2.05, 4.69) is 35.3 Å². The van der Waals surface area contributed by atoms with Crippen molar-refractivity contribution >= 4 is 5.84 Å². The Morgan fingerprint density at radius 2 is 2.06 bits per heavy atom. The SMILES string of the molecule is C=CN=C(C1=C(N)CCC1C)N1CCN(C)CC1. The fourth-order valence-electron chi connectivity index (χ4n) is 2.76. The second-order valence-electron chi connectivity index (χ2n) is 5.30. The average Bonchev–Trinajstić information content (AvgIpc) is 2.68. The van der Waals surface area contributed by atoms with Gasteiger partial charge in [-0.25, -0.2) is 4.99 Å². The number of hydrogen-bond donors (Lipinski definition) is 1. The van der Waals surface area contributed by atoms with Gasteiger partial charge in [0.25, 0.3) is 0 Å². The molecule has 0 bridgehead atoms. The molecule has 4 heteroatoms. The van der Waals surface area contributed by atoms with Gasteiger partial charge in [0.1, 0.15) is 5.84 Å². The summed E-state index contributed by atoms with van der Waals surface area (Å²) >= 11 is 0. The van der Waals surface area contributed by atoms with Crippen LogP contribution in [0.5, 0.6) is 0 Å². The van der Waals surface area contributed by atoms with Gasteiger partial charge in [0.15, 0.2) is 0 Å². The van der Waals surface area contributed by atoms with Gasteiger partial charge >= 0.3 is 0 Å². The zero-order valence-corrected chi connectivity index (χ0v) is 11.5. The van der Waals surface area contributed by atoms with Crippen molar-refractivity contribution in [2.24, 2.45) is 16.6 Å². The molecule has 1 heterocycles. The van der Waals surface area contributed by atoms with Crippen LogP contribution in [0.4, 0.5) is 0 Å². The Bertz CT molecular complexity index is 375. The molecule has 0 aromatic carbocycles. The van der Waals surface area contributed by atoms with Gasteiger partial charge in [0, 0.05) is 43.6 Å². The first-order valence-corrected chi connectivity index (χ1v) is 6.74. The normalized spacial score (nSPS) is 26.9. The predicted octanol–water partition coefficient (Wildman–Crippen LogP) is 1.42. The highest BCUT2D eigenvalue weighted by molar-refractivity contribution is 6.00. The standard InChI is InChI=1S/C14H24N4/c1-4-16-14(13-11(2)5-6-12(13)15)18-9-7-17(3)8-10-18/h4,11H,1,5-10,15H2,2-3H3. The summed E-state index contributed by atoms with van der Waals surface area (Å²) in [6, 6.07) is 0. The number of nitrogens with zero attached hydrogens (tertiary/aromatic N) is 3. The number of rotatable bonds is 2. The molecule has 1 unspecified atom stereocenters. The van der Waals surface area contributed by atoms with Crippen molar-refractivity contribution in [2.45, 2.75) is 19.8 Å². The maximum Gasteiger partial charge on any atom is 0.133 e. The lowest BCUT2D eigenvalue weighted by molar-refractivity contribution is 0.215. The number of hydrogen-bond acceptors (Lipinski definition) is 3. The van der Waals surface area contributed by atoms with Crippen molar-refractivity contribution in [1.82, 2.24) is 9.80 Å². The molecule has 0 saturated carbocycles. The molecule has 1 atom stereocenters. The summed E-state index contributed by atoms with van der Waals surface area (Å²) in [6.45, 7) is 10.2. The first-order chi connectivity index (χ1) is 8.63. The Balaban J connectivity index is 2.22. The number of piperazine rings is 1. The zero-order valence-electron chi connectivity index (χ0n) is 11.5. The van der Waals surface area contributed by atoms with E-state index in [1.807, 2.05) is 0 Å². The third-order valence-corrected chi connectivity index (χ3v) is 3.94. The highest BCUT2D eigenvalue weighted by Gasteiger charge is 2.28. The van der Waals surface area contributed by atoms with Crippen molar-refractivity contribution in [3.05, 3.63) is 24.0 Å². The molecule has 1 fully saturated rings. The van der Waals surface area contributed by atoms with Gasteiger partial charge < -0.3 is 15.5 Å². The lowest BCUT2D eigenvalue weighted by atomic mass is 10.0. The Hall–Kier alpha value is -1.29. The van der Waals surface area contributed by atoms with Crippen LogP contribution in [0, 0.1) is 5.92 Å². The summed E-state index contributed by atoms with van der Waals surface area (Å²) in [4.78, 5) is 9.20. The van der Waals surface area contributed by atoms with E-state index in [0.29, 0.717) is 5.92 Å². The number of allylic oxidation sites excluding steroid dienone is 1. The van der Waals surface area contributed by atoms with E-state index in [9.17, 15) is 0 Å². The van der Waals surface area contributed by atoms with E-state index in [1.165, 1.54) is 5.57 Å². The van der Waals surface area contributed by atoms with Crippen LogP contribution in [0.25, 0.3) is 0 Å². The van der Waals surface area contributed by atoms with Crippen LogP contribution in [0.2, 0.25) is 0 Å². The molecule has 2 N–H and O–H groups in total. The predicted molar refractivity (Wildman–Crippen MR) is 76.3 cm³/mol. The van der Waals surface area contributed by atoms with E-state index in [4.69, 9.17) is 5.73 Å². The molecular weight excluding hydrogens is 224 g/mol. The molecule has 4 nitrogen and oxygen atoms in total. The summed E-state index contributed by atoms with van der Waals surface area (Å²) in [5.74, 6) is 1.57. The Labute approximate surface area is 110 Å². The molecule has 0 radical (unpaired) electrons. The summed E-state index contributed by atoms with van der Waals surface area (Å²) in [6.07, 6.45) is 3.78. The van der Waals surface area contributed by atoms with Crippen molar-refractivity contribution in [3.8, 4) is 0 Å². The van der Waals surface area contributed by atoms with Crippen LogP contribution in [-0.2, 0) is 0 Å². The van der Waals surface area contributed by atoms with Crippen LogP contribution in [-0.4, -0.2) is 48.9 Å². The molecule has 18 heavy (non-hydrogen) atoms. The molecule has 100 valence electrons. The van der Waals surface area contributed by atoms with Gasteiger partial charge in [0.05, 0.1) is 0 Å². The fraction of sp³-hybridized carbons (Fsp3) is 0.643. The van der Waals surface area contributed by atoms with Crippen LogP contribution in [0.3, 0.4) is 0 Å². The van der Waals surface area contributed by atoms with Gasteiger partial charge in [-0.3, -0.25) is 0 Å². The van der Waals surface area contributed by atoms with Crippen LogP contribution in [0.15, 0.2) is 29.0 Å². The minimum Gasteiger partial charge on any atom is -0.402 e. The molecule has 1 aliphatic heterocycles. The maximum atomic E-state index is 6.16. The number of aliphatic imine (C=N–C) groups is 1. The highest BCUT2D eigenvalue weighted by atomic mass is 15.3. The second-order valence-corrected chi connectivity index (χ2v) is 5.30. The van der Waals surface area contributed by atoms with E-state index >= 15 is 0 Å². The molecule has 0 spiro atoms. The minimum absolute atomic E-state index is 0.517. The molecular formula is C14H24N4. The quantitative estimate of drug-likeness (QED) is 0.594. The van der Waals surface area contributed by atoms with Gasteiger partial charge in [-0.15, -0.1) is 0 Å². The van der Waals surface area contributed by atoms with Crippen LogP contribution >= 0.6 is 0 Å². The Kier molecular flexibility index (Phi) is 4.07. The second kappa shape index (κ2) is 5.57. The largest absolute Gasteiger partial charge is 0.402 e. The van der Waals surface area contributed by atoms with Crippen molar-refractivity contribution in [2.75, 3.05) is 33.2 Å². The zero-order chi connectivity index (χ0) is 13.1. The third kappa shape index (κ3) is 2.58. The van der Waals surface area contributed by atoms with Gasteiger partial charge in [-0.05, 0) is 25.8 Å². The molecule has 1 aliphatic carbocycles.